The molecular weight excluding hydrogens is 426 g/mol. The number of allylic oxidation sites excluding steroid dienone is 1. The van der Waals surface area contributed by atoms with Crippen LogP contribution in [0.4, 0.5) is 5.69 Å². The number of anilines is 1. The van der Waals surface area contributed by atoms with E-state index in [1.54, 1.807) is 10.6 Å². The lowest BCUT2D eigenvalue weighted by Crippen LogP contribution is -2.23. The number of hydrogen-bond acceptors (Lipinski definition) is 5. The van der Waals surface area contributed by atoms with Crippen molar-refractivity contribution in [2.45, 2.75) is 18.1 Å². The van der Waals surface area contributed by atoms with Crippen molar-refractivity contribution < 1.29 is 4.79 Å². The summed E-state index contributed by atoms with van der Waals surface area (Å²) in [7, 11) is 0. The number of aromatic nitrogens is 2. The van der Waals surface area contributed by atoms with Crippen molar-refractivity contribution in [3.05, 3.63) is 89.1 Å². The van der Waals surface area contributed by atoms with Gasteiger partial charge >= 0.3 is 0 Å². The number of rotatable bonds is 8. The first-order valence-electron chi connectivity index (χ1n) is 9.83. The molecule has 4 aromatic rings. The van der Waals surface area contributed by atoms with Gasteiger partial charge in [0, 0.05) is 35.3 Å². The molecule has 0 aliphatic heterocycles. The zero-order valence-corrected chi connectivity index (χ0v) is 18.4. The highest BCUT2D eigenvalue weighted by molar-refractivity contribution is 7.99. The van der Waals surface area contributed by atoms with E-state index < -0.39 is 0 Å². The van der Waals surface area contributed by atoms with Crippen LogP contribution in [-0.4, -0.2) is 21.2 Å². The van der Waals surface area contributed by atoms with E-state index in [2.05, 4.69) is 11.9 Å². The smallest absolute Gasteiger partial charge is 0.263 e. The molecule has 4 rings (SSSR count). The minimum absolute atomic E-state index is 0.0696. The summed E-state index contributed by atoms with van der Waals surface area (Å²) in [4.78, 5) is 31.0. The summed E-state index contributed by atoms with van der Waals surface area (Å²) in [5, 5.41) is 6.09. The van der Waals surface area contributed by atoms with Gasteiger partial charge in [0.2, 0.25) is 5.91 Å². The molecule has 0 spiro atoms. The molecule has 5 nitrogen and oxygen atoms in total. The van der Waals surface area contributed by atoms with E-state index in [4.69, 9.17) is 4.98 Å². The molecule has 0 bridgehead atoms. The fourth-order valence-corrected chi connectivity index (χ4v) is 5.15. The second-order valence-corrected chi connectivity index (χ2v) is 8.73. The molecule has 0 saturated carbocycles. The van der Waals surface area contributed by atoms with Gasteiger partial charge in [-0.05, 0) is 17.7 Å². The lowest BCUT2D eigenvalue weighted by atomic mass is 10.1. The molecule has 0 saturated heterocycles. The Bertz CT molecular complexity index is 1260. The number of nitrogens with one attached hydrogen (secondary N) is 1. The van der Waals surface area contributed by atoms with Gasteiger partial charge in [-0.1, -0.05) is 66.4 Å². The molecule has 31 heavy (non-hydrogen) atoms. The molecule has 2 aromatic heterocycles. The zero-order chi connectivity index (χ0) is 21.6. The Labute approximate surface area is 188 Å². The van der Waals surface area contributed by atoms with Crippen molar-refractivity contribution in [2.75, 3.05) is 11.1 Å². The number of para-hydroxylation sites is 1. The zero-order valence-electron chi connectivity index (χ0n) is 16.8. The van der Waals surface area contributed by atoms with Crippen molar-refractivity contribution in [3.63, 3.8) is 0 Å². The van der Waals surface area contributed by atoms with E-state index in [-0.39, 0.29) is 11.5 Å². The number of thioether (sulfide) groups is 1. The highest BCUT2D eigenvalue weighted by Gasteiger charge is 2.17. The Kier molecular flexibility index (Phi) is 6.64. The third-order valence-corrected chi connectivity index (χ3v) is 6.52. The van der Waals surface area contributed by atoms with E-state index in [0.29, 0.717) is 34.1 Å². The highest BCUT2D eigenvalue weighted by Crippen LogP contribution is 2.32. The Balaban J connectivity index is 1.56. The largest absolute Gasteiger partial charge is 0.326 e. The van der Waals surface area contributed by atoms with E-state index in [1.807, 2.05) is 66.0 Å². The maximum absolute atomic E-state index is 13.3. The molecule has 156 valence electrons. The van der Waals surface area contributed by atoms with Crippen LogP contribution in [0.5, 0.6) is 0 Å². The molecule has 0 radical (unpaired) electrons. The summed E-state index contributed by atoms with van der Waals surface area (Å²) < 4.78 is 1.63. The van der Waals surface area contributed by atoms with Crippen LogP contribution in [0.25, 0.3) is 21.3 Å². The van der Waals surface area contributed by atoms with Crippen molar-refractivity contribution in [3.8, 4) is 11.1 Å². The predicted octanol–water partition coefficient (Wildman–Crippen LogP) is 5.43. The molecule has 2 heterocycles. The monoisotopic (exact) mass is 447 g/mol. The van der Waals surface area contributed by atoms with Crippen LogP contribution in [0, 0.1) is 0 Å². The lowest BCUT2D eigenvalue weighted by molar-refractivity contribution is -0.115. The van der Waals surface area contributed by atoms with Gasteiger partial charge < -0.3 is 5.32 Å². The average molecular weight is 448 g/mol. The van der Waals surface area contributed by atoms with Crippen LogP contribution in [0.1, 0.15) is 6.42 Å². The number of nitrogens with zero attached hydrogens (tertiary/aromatic N) is 2. The van der Waals surface area contributed by atoms with Crippen LogP contribution in [-0.2, 0) is 11.3 Å². The highest BCUT2D eigenvalue weighted by atomic mass is 32.2. The molecule has 0 aliphatic rings. The van der Waals surface area contributed by atoms with Gasteiger partial charge in [-0.25, -0.2) is 4.98 Å². The molecule has 7 heteroatoms. The number of fused-ring (bicyclic) bond motifs is 1. The summed E-state index contributed by atoms with van der Waals surface area (Å²) in [5.41, 5.74) is 2.58. The van der Waals surface area contributed by atoms with E-state index in [1.165, 1.54) is 23.1 Å². The fraction of sp³-hybridized carbons (Fsp3) is 0.125. The number of amides is 1. The maximum atomic E-state index is 13.3. The Morgan fingerprint density at radius 1 is 1.13 bits per heavy atom. The lowest BCUT2D eigenvalue weighted by Gasteiger charge is -2.11. The summed E-state index contributed by atoms with van der Waals surface area (Å²) in [5.74, 6) is 0.449. The van der Waals surface area contributed by atoms with Gasteiger partial charge in [-0.2, -0.15) is 0 Å². The number of hydrogen-bond donors (Lipinski definition) is 1. The van der Waals surface area contributed by atoms with Crippen LogP contribution in [0.2, 0.25) is 0 Å². The molecule has 1 amide bonds. The SMILES string of the molecule is C=CCn1c(SCCC(=O)Nc2ccccc2)nc2scc(-c3ccccc3)c2c1=O. The third-order valence-electron chi connectivity index (χ3n) is 4.67. The first-order chi connectivity index (χ1) is 15.2. The van der Waals surface area contributed by atoms with Gasteiger partial charge in [0.25, 0.3) is 5.56 Å². The second-order valence-electron chi connectivity index (χ2n) is 6.81. The third kappa shape index (κ3) is 4.78. The Hall–Kier alpha value is -3.16. The number of thiophene rings is 1. The number of carbonyl (C=O) groups is 1. The van der Waals surface area contributed by atoms with Gasteiger partial charge in [0.05, 0.1) is 5.39 Å². The standard InChI is InChI=1S/C24H21N3O2S2/c1-2-14-27-23(29)21-19(17-9-5-3-6-10-17)16-31-22(21)26-24(27)30-15-13-20(28)25-18-11-7-4-8-12-18/h2-12,16H,1,13-15H2,(H,25,28). The van der Waals surface area contributed by atoms with Crippen LogP contribution >= 0.6 is 23.1 Å². The van der Waals surface area contributed by atoms with Crippen molar-refractivity contribution >= 4 is 44.9 Å². The minimum atomic E-state index is -0.0822. The topological polar surface area (TPSA) is 64.0 Å². The summed E-state index contributed by atoms with van der Waals surface area (Å²) in [6, 6.07) is 19.2. The van der Waals surface area contributed by atoms with Crippen molar-refractivity contribution in [1.29, 1.82) is 0 Å². The maximum Gasteiger partial charge on any atom is 0.263 e. The van der Waals surface area contributed by atoms with E-state index in [0.717, 1.165) is 16.8 Å². The minimum Gasteiger partial charge on any atom is -0.326 e. The van der Waals surface area contributed by atoms with Crippen LogP contribution in [0.3, 0.4) is 0 Å². The molecular formula is C24H21N3O2S2. The van der Waals surface area contributed by atoms with E-state index >= 15 is 0 Å². The van der Waals surface area contributed by atoms with Crippen LogP contribution < -0.4 is 10.9 Å². The predicted molar refractivity (Wildman–Crippen MR) is 130 cm³/mol. The van der Waals surface area contributed by atoms with Gasteiger partial charge in [-0.15, -0.1) is 17.9 Å². The van der Waals surface area contributed by atoms with Gasteiger partial charge in [0.15, 0.2) is 5.16 Å². The Morgan fingerprint density at radius 2 is 1.84 bits per heavy atom. The normalized spacial score (nSPS) is 10.8. The van der Waals surface area contributed by atoms with E-state index in [9.17, 15) is 9.59 Å². The molecule has 0 aliphatic carbocycles. The van der Waals surface area contributed by atoms with Crippen molar-refractivity contribution in [2.24, 2.45) is 0 Å². The number of benzene rings is 2. The van der Waals surface area contributed by atoms with Crippen molar-refractivity contribution in [1.82, 2.24) is 9.55 Å². The van der Waals surface area contributed by atoms with Crippen LogP contribution in [0.15, 0.2) is 88.6 Å². The molecule has 0 atom stereocenters. The average Bonchev–Trinajstić information content (AvgIpc) is 3.22. The molecule has 0 unspecified atom stereocenters. The van der Waals surface area contributed by atoms with Gasteiger partial charge in [0.1, 0.15) is 4.83 Å². The summed E-state index contributed by atoms with van der Waals surface area (Å²) in [6.07, 6.45) is 2.01. The summed E-state index contributed by atoms with van der Waals surface area (Å²) >= 11 is 2.87. The molecule has 2 aromatic carbocycles. The second kappa shape index (κ2) is 9.76. The number of carbonyl (C=O) groups excluding carboxylic acids is 1. The van der Waals surface area contributed by atoms with Gasteiger partial charge in [-0.3, -0.25) is 14.2 Å². The quantitative estimate of drug-likeness (QED) is 0.222. The Morgan fingerprint density at radius 3 is 2.55 bits per heavy atom. The molecule has 1 N–H and O–H groups in total. The first-order valence-corrected chi connectivity index (χ1v) is 11.7. The first kappa shape index (κ1) is 21.1. The molecule has 0 fully saturated rings. The fourth-order valence-electron chi connectivity index (χ4n) is 3.22. The summed E-state index contributed by atoms with van der Waals surface area (Å²) in [6.45, 7) is 4.15.